The van der Waals surface area contributed by atoms with Gasteiger partial charge in [-0.3, -0.25) is 0 Å². The van der Waals surface area contributed by atoms with Crippen LogP contribution < -0.4 is 14.4 Å². The molecule has 168 valence electrons. The van der Waals surface area contributed by atoms with Crippen LogP contribution >= 0.6 is 0 Å². The lowest BCUT2D eigenvalue weighted by atomic mass is 10.1. The summed E-state index contributed by atoms with van der Waals surface area (Å²) < 4.78 is 23.7. The van der Waals surface area contributed by atoms with Gasteiger partial charge in [0.25, 0.3) is 0 Å². The third-order valence-corrected chi connectivity index (χ3v) is 6.29. The standard InChI is InChI=1S/C16H23NO2.C10H12FN/c1-2-8-17(9-3-1)10-4-5-14-6-7-15-16(13-14)19-12-11-18-15;11-9-3-5-10(6-4-9)12-7-1-2-8-12/h6-7,13H,1-5,8-12H2;3-6H,1-2,7-8H2. The van der Waals surface area contributed by atoms with E-state index in [4.69, 9.17) is 9.47 Å². The molecule has 3 aliphatic rings. The number of piperidine rings is 1. The predicted molar refractivity (Wildman–Crippen MR) is 124 cm³/mol. The Hall–Kier alpha value is -2.27. The number of benzene rings is 2. The molecule has 2 aromatic rings. The van der Waals surface area contributed by atoms with Crippen LogP contribution in [0.25, 0.3) is 0 Å². The summed E-state index contributed by atoms with van der Waals surface area (Å²) in [6.07, 6.45) is 9.06. The Morgan fingerprint density at radius 3 is 2.16 bits per heavy atom. The maximum Gasteiger partial charge on any atom is 0.161 e. The predicted octanol–water partition coefficient (Wildman–Crippen LogP) is 5.30. The third-order valence-electron chi connectivity index (χ3n) is 6.29. The van der Waals surface area contributed by atoms with Crippen LogP contribution in [0.5, 0.6) is 11.5 Å². The van der Waals surface area contributed by atoms with Crippen LogP contribution in [-0.4, -0.2) is 50.8 Å². The maximum atomic E-state index is 12.6. The molecule has 5 rings (SSSR count). The highest BCUT2D eigenvalue weighted by Crippen LogP contribution is 2.31. The van der Waals surface area contributed by atoms with Crippen LogP contribution in [0.1, 0.15) is 44.1 Å². The number of hydrogen-bond donors (Lipinski definition) is 0. The Kier molecular flexibility index (Phi) is 8.05. The molecule has 0 saturated carbocycles. The van der Waals surface area contributed by atoms with Crippen molar-refractivity contribution in [1.29, 1.82) is 0 Å². The number of halogens is 1. The first kappa shape index (κ1) is 21.9. The molecule has 0 N–H and O–H groups in total. The van der Waals surface area contributed by atoms with Crippen molar-refractivity contribution in [1.82, 2.24) is 4.90 Å². The van der Waals surface area contributed by atoms with E-state index in [-0.39, 0.29) is 5.82 Å². The first-order valence-electron chi connectivity index (χ1n) is 11.9. The molecule has 5 heteroatoms. The molecule has 31 heavy (non-hydrogen) atoms. The third kappa shape index (κ3) is 6.60. The molecule has 2 saturated heterocycles. The van der Waals surface area contributed by atoms with Crippen molar-refractivity contribution in [2.45, 2.75) is 44.9 Å². The lowest BCUT2D eigenvalue weighted by molar-refractivity contribution is 0.171. The number of aryl methyl sites for hydroxylation is 1. The van der Waals surface area contributed by atoms with Crippen molar-refractivity contribution >= 4 is 5.69 Å². The second kappa shape index (κ2) is 11.4. The molecule has 2 fully saturated rings. The first-order valence-corrected chi connectivity index (χ1v) is 11.9. The van der Waals surface area contributed by atoms with Crippen molar-refractivity contribution in [2.75, 3.05) is 50.8 Å². The summed E-state index contributed by atoms with van der Waals surface area (Å²) in [6, 6.07) is 13.1. The number of fused-ring (bicyclic) bond motifs is 1. The largest absolute Gasteiger partial charge is 0.486 e. The van der Waals surface area contributed by atoms with Gasteiger partial charge in [0.15, 0.2) is 11.5 Å². The second-order valence-electron chi connectivity index (χ2n) is 8.65. The van der Waals surface area contributed by atoms with Gasteiger partial charge in [-0.1, -0.05) is 12.5 Å². The highest BCUT2D eigenvalue weighted by atomic mass is 19.1. The van der Waals surface area contributed by atoms with Gasteiger partial charge in [-0.15, -0.1) is 0 Å². The second-order valence-corrected chi connectivity index (χ2v) is 8.65. The summed E-state index contributed by atoms with van der Waals surface area (Å²) in [7, 11) is 0. The van der Waals surface area contributed by atoms with Crippen LogP contribution in [0.15, 0.2) is 42.5 Å². The molecule has 0 bridgehead atoms. The Balaban J connectivity index is 0.000000166. The highest BCUT2D eigenvalue weighted by Gasteiger charge is 2.13. The molecule has 3 aliphatic heterocycles. The van der Waals surface area contributed by atoms with E-state index in [1.807, 2.05) is 18.2 Å². The zero-order valence-corrected chi connectivity index (χ0v) is 18.5. The van der Waals surface area contributed by atoms with E-state index in [2.05, 4.69) is 21.9 Å². The summed E-state index contributed by atoms with van der Waals surface area (Å²) >= 11 is 0. The van der Waals surface area contributed by atoms with Crippen LogP contribution in [0.4, 0.5) is 10.1 Å². The van der Waals surface area contributed by atoms with Crippen molar-refractivity contribution in [3.05, 3.63) is 53.8 Å². The van der Waals surface area contributed by atoms with E-state index in [0.29, 0.717) is 13.2 Å². The molecule has 4 nitrogen and oxygen atoms in total. The summed E-state index contributed by atoms with van der Waals surface area (Å²) in [4.78, 5) is 4.89. The topological polar surface area (TPSA) is 24.9 Å². The molecular weight excluding hydrogens is 391 g/mol. The van der Waals surface area contributed by atoms with Crippen LogP contribution in [0, 0.1) is 5.82 Å². The monoisotopic (exact) mass is 426 g/mol. The summed E-state index contributed by atoms with van der Waals surface area (Å²) in [5.74, 6) is 1.66. The van der Waals surface area contributed by atoms with Gasteiger partial charge in [-0.05, 0) is 100 Å². The quantitative estimate of drug-likeness (QED) is 0.648. The Morgan fingerprint density at radius 2 is 1.42 bits per heavy atom. The van der Waals surface area contributed by atoms with E-state index in [0.717, 1.165) is 36.7 Å². The summed E-state index contributed by atoms with van der Waals surface area (Å²) in [5.41, 5.74) is 2.51. The summed E-state index contributed by atoms with van der Waals surface area (Å²) in [6.45, 7) is 7.39. The van der Waals surface area contributed by atoms with Crippen LogP contribution in [0.2, 0.25) is 0 Å². The highest BCUT2D eigenvalue weighted by molar-refractivity contribution is 5.47. The zero-order chi connectivity index (χ0) is 21.3. The van der Waals surface area contributed by atoms with Crippen molar-refractivity contribution in [3.8, 4) is 11.5 Å². The molecular formula is C26H35FN2O2. The van der Waals surface area contributed by atoms with Crippen LogP contribution in [-0.2, 0) is 6.42 Å². The maximum absolute atomic E-state index is 12.6. The molecule has 0 aromatic heterocycles. The Morgan fingerprint density at radius 1 is 0.742 bits per heavy atom. The fourth-order valence-electron chi connectivity index (χ4n) is 4.56. The number of hydrogen-bond acceptors (Lipinski definition) is 4. The van der Waals surface area contributed by atoms with Crippen LogP contribution in [0.3, 0.4) is 0 Å². The van der Waals surface area contributed by atoms with Gasteiger partial charge in [0, 0.05) is 18.8 Å². The number of rotatable bonds is 5. The fourth-order valence-corrected chi connectivity index (χ4v) is 4.56. The molecule has 2 aromatic carbocycles. The van der Waals surface area contributed by atoms with E-state index in [1.165, 1.54) is 75.9 Å². The molecule has 0 amide bonds. The van der Waals surface area contributed by atoms with E-state index in [1.54, 1.807) is 0 Å². The van der Waals surface area contributed by atoms with Gasteiger partial charge < -0.3 is 19.3 Å². The van der Waals surface area contributed by atoms with E-state index >= 15 is 0 Å². The van der Waals surface area contributed by atoms with Gasteiger partial charge in [-0.2, -0.15) is 0 Å². The molecule has 3 heterocycles. The minimum atomic E-state index is -0.155. The molecule has 0 atom stereocenters. The molecule has 0 spiro atoms. The average Bonchev–Trinajstić information content (AvgIpc) is 3.36. The molecule has 0 aliphatic carbocycles. The van der Waals surface area contributed by atoms with Gasteiger partial charge in [0.2, 0.25) is 0 Å². The summed E-state index contributed by atoms with van der Waals surface area (Å²) in [5, 5.41) is 0. The average molecular weight is 427 g/mol. The zero-order valence-electron chi connectivity index (χ0n) is 18.5. The smallest absolute Gasteiger partial charge is 0.161 e. The van der Waals surface area contributed by atoms with Gasteiger partial charge in [0.1, 0.15) is 19.0 Å². The first-order chi connectivity index (χ1) is 15.3. The minimum absolute atomic E-state index is 0.155. The van der Waals surface area contributed by atoms with Crippen molar-refractivity contribution in [2.24, 2.45) is 0 Å². The van der Waals surface area contributed by atoms with Gasteiger partial charge in [0.05, 0.1) is 0 Å². The number of nitrogens with zero attached hydrogens (tertiary/aromatic N) is 2. The number of anilines is 1. The minimum Gasteiger partial charge on any atom is -0.486 e. The lowest BCUT2D eigenvalue weighted by Gasteiger charge is -2.26. The van der Waals surface area contributed by atoms with Gasteiger partial charge in [-0.25, -0.2) is 4.39 Å². The Bertz CT molecular complexity index is 800. The molecule has 0 unspecified atom stereocenters. The van der Waals surface area contributed by atoms with Gasteiger partial charge >= 0.3 is 0 Å². The molecule has 0 radical (unpaired) electrons. The normalized spacial score (nSPS) is 18.4. The number of likely N-dealkylation sites (tertiary alicyclic amines) is 1. The number of ether oxygens (including phenoxy) is 2. The van der Waals surface area contributed by atoms with Crippen molar-refractivity contribution < 1.29 is 13.9 Å². The SMILES string of the molecule is Fc1ccc(N2CCCC2)cc1.c1cc2c(cc1CCCN1CCCCC1)OCCO2. The lowest BCUT2D eigenvalue weighted by Crippen LogP contribution is -2.30. The van der Waals surface area contributed by atoms with Crippen molar-refractivity contribution in [3.63, 3.8) is 0 Å². The van der Waals surface area contributed by atoms with E-state index in [9.17, 15) is 4.39 Å². The Labute approximate surface area is 185 Å². The fraction of sp³-hybridized carbons (Fsp3) is 0.538. The van der Waals surface area contributed by atoms with E-state index < -0.39 is 0 Å².